The van der Waals surface area contributed by atoms with Crippen LogP contribution in [0.4, 0.5) is 0 Å². The summed E-state index contributed by atoms with van der Waals surface area (Å²) in [5.74, 6) is 0. The van der Waals surface area contributed by atoms with E-state index in [1.165, 1.54) is 31.4 Å². The molecule has 1 saturated heterocycles. The number of rotatable bonds is 1. The zero-order valence-corrected chi connectivity index (χ0v) is 6.71. The molecular formula is C9H14N2. The van der Waals surface area contributed by atoms with Crippen LogP contribution in [0.3, 0.4) is 0 Å². The lowest BCUT2D eigenvalue weighted by atomic mass is 10.0. The smallest absolute Gasteiger partial charge is 0.0298 e. The fraction of sp³-hybridized carbons (Fsp3) is 0.667. The van der Waals surface area contributed by atoms with Gasteiger partial charge in [0.2, 0.25) is 0 Å². The van der Waals surface area contributed by atoms with Gasteiger partial charge in [-0.05, 0) is 37.8 Å². The zero-order chi connectivity index (χ0) is 7.52. The van der Waals surface area contributed by atoms with Crippen molar-refractivity contribution in [2.24, 2.45) is 4.99 Å². The Bertz CT molecular complexity index is 188. The normalized spacial score (nSPS) is 30.5. The van der Waals surface area contributed by atoms with Crippen molar-refractivity contribution >= 4 is 6.21 Å². The highest BCUT2D eigenvalue weighted by molar-refractivity contribution is 5.60. The van der Waals surface area contributed by atoms with Crippen molar-refractivity contribution in [3.8, 4) is 0 Å². The van der Waals surface area contributed by atoms with Crippen LogP contribution in [0.25, 0.3) is 0 Å². The Balaban J connectivity index is 2.02. The molecule has 2 rings (SSSR count). The van der Waals surface area contributed by atoms with E-state index in [0.29, 0.717) is 6.04 Å². The van der Waals surface area contributed by atoms with Crippen LogP contribution in [-0.4, -0.2) is 18.8 Å². The van der Waals surface area contributed by atoms with Crippen molar-refractivity contribution in [3.63, 3.8) is 0 Å². The second-order valence-corrected chi connectivity index (χ2v) is 3.22. The average Bonchev–Trinajstić information content (AvgIpc) is 2.58. The topological polar surface area (TPSA) is 24.4 Å². The van der Waals surface area contributed by atoms with Gasteiger partial charge < -0.3 is 5.32 Å². The highest BCUT2D eigenvalue weighted by atomic mass is 14.9. The molecule has 0 saturated carbocycles. The van der Waals surface area contributed by atoms with Gasteiger partial charge in [-0.15, -0.1) is 0 Å². The summed E-state index contributed by atoms with van der Waals surface area (Å²) in [5.41, 5.74) is 1.50. The van der Waals surface area contributed by atoms with Crippen molar-refractivity contribution < 1.29 is 0 Å². The SMILES string of the molecule is C1=NC=C(C2CCCN2)CC1. The number of nitrogens with one attached hydrogen (secondary N) is 1. The van der Waals surface area contributed by atoms with Gasteiger partial charge >= 0.3 is 0 Å². The predicted octanol–water partition coefficient (Wildman–Crippen LogP) is 1.49. The van der Waals surface area contributed by atoms with E-state index in [2.05, 4.69) is 10.3 Å². The molecule has 1 unspecified atom stereocenters. The van der Waals surface area contributed by atoms with Gasteiger partial charge in [0.25, 0.3) is 0 Å². The number of hydrogen-bond acceptors (Lipinski definition) is 2. The van der Waals surface area contributed by atoms with Crippen LogP contribution in [0.15, 0.2) is 16.8 Å². The van der Waals surface area contributed by atoms with Gasteiger partial charge in [-0.3, -0.25) is 4.99 Å². The minimum absolute atomic E-state index is 0.646. The third-order valence-electron chi connectivity index (χ3n) is 2.42. The van der Waals surface area contributed by atoms with Crippen LogP contribution in [0.2, 0.25) is 0 Å². The summed E-state index contributed by atoms with van der Waals surface area (Å²) < 4.78 is 0. The van der Waals surface area contributed by atoms with Gasteiger partial charge in [0.1, 0.15) is 0 Å². The monoisotopic (exact) mass is 150 g/mol. The van der Waals surface area contributed by atoms with Gasteiger partial charge in [0.15, 0.2) is 0 Å². The maximum atomic E-state index is 4.18. The Morgan fingerprint density at radius 2 is 2.55 bits per heavy atom. The fourth-order valence-corrected chi connectivity index (χ4v) is 1.78. The third kappa shape index (κ3) is 1.51. The first kappa shape index (κ1) is 7.04. The highest BCUT2D eigenvalue weighted by Gasteiger charge is 2.18. The molecule has 2 aliphatic rings. The van der Waals surface area contributed by atoms with Crippen LogP contribution in [0, 0.1) is 0 Å². The van der Waals surface area contributed by atoms with E-state index < -0.39 is 0 Å². The Kier molecular flexibility index (Phi) is 2.04. The minimum atomic E-state index is 0.646. The van der Waals surface area contributed by atoms with E-state index >= 15 is 0 Å². The summed E-state index contributed by atoms with van der Waals surface area (Å²) in [6.45, 7) is 1.19. The molecule has 1 fully saturated rings. The Morgan fingerprint density at radius 1 is 1.55 bits per heavy atom. The quantitative estimate of drug-likeness (QED) is 0.601. The summed E-state index contributed by atoms with van der Waals surface area (Å²) in [6.07, 6.45) is 9.00. The highest BCUT2D eigenvalue weighted by Crippen LogP contribution is 2.20. The molecule has 0 aromatic carbocycles. The molecule has 2 heteroatoms. The number of aliphatic imine (C=N–C) groups is 1. The fourth-order valence-electron chi connectivity index (χ4n) is 1.78. The molecule has 0 aliphatic carbocycles. The van der Waals surface area contributed by atoms with Crippen LogP contribution in [0.1, 0.15) is 25.7 Å². The molecule has 2 heterocycles. The molecule has 11 heavy (non-hydrogen) atoms. The molecule has 1 atom stereocenters. The van der Waals surface area contributed by atoms with Crippen molar-refractivity contribution in [3.05, 3.63) is 11.8 Å². The first-order chi connectivity index (χ1) is 5.47. The van der Waals surface area contributed by atoms with Gasteiger partial charge in [0.05, 0.1) is 0 Å². The molecule has 0 spiro atoms. The van der Waals surface area contributed by atoms with Crippen LogP contribution in [0.5, 0.6) is 0 Å². The van der Waals surface area contributed by atoms with Gasteiger partial charge in [-0.2, -0.15) is 0 Å². The van der Waals surface area contributed by atoms with E-state index in [9.17, 15) is 0 Å². The summed E-state index contributed by atoms with van der Waals surface area (Å²) in [5, 5.41) is 3.48. The van der Waals surface area contributed by atoms with Crippen molar-refractivity contribution in [2.75, 3.05) is 6.54 Å². The molecule has 0 amide bonds. The summed E-state index contributed by atoms with van der Waals surface area (Å²) >= 11 is 0. The van der Waals surface area contributed by atoms with Crippen LogP contribution < -0.4 is 5.32 Å². The van der Waals surface area contributed by atoms with E-state index in [1.54, 1.807) is 0 Å². The molecular weight excluding hydrogens is 136 g/mol. The standard InChI is InChI=1S/C9H14N2/c1-3-8(7-10-5-1)9-4-2-6-11-9/h5,7,9,11H,1-4,6H2. The Hall–Kier alpha value is -0.630. The zero-order valence-electron chi connectivity index (χ0n) is 6.71. The number of nitrogens with zero attached hydrogens (tertiary/aromatic N) is 1. The molecule has 0 aromatic rings. The Morgan fingerprint density at radius 3 is 3.18 bits per heavy atom. The molecule has 2 nitrogen and oxygen atoms in total. The average molecular weight is 150 g/mol. The predicted molar refractivity (Wildman–Crippen MR) is 46.8 cm³/mol. The summed E-state index contributed by atoms with van der Waals surface area (Å²) in [6, 6.07) is 0.646. The van der Waals surface area contributed by atoms with E-state index in [0.717, 1.165) is 6.42 Å². The number of hydrogen-bond donors (Lipinski definition) is 1. The van der Waals surface area contributed by atoms with E-state index in [-0.39, 0.29) is 0 Å². The Labute approximate surface area is 67.4 Å². The van der Waals surface area contributed by atoms with Gasteiger partial charge in [0, 0.05) is 18.5 Å². The third-order valence-corrected chi connectivity index (χ3v) is 2.42. The maximum absolute atomic E-state index is 4.18. The van der Waals surface area contributed by atoms with Crippen LogP contribution >= 0.6 is 0 Å². The molecule has 0 aromatic heterocycles. The van der Waals surface area contributed by atoms with Gasteiger partial charge in [-0.1, -0.05) is 0 Å². The molecule has 60 valence electrons. The van der Waals surface area contributed by atoms with Crippen molar-refractivity contribution in [1.82, 2.24) is 5.32 Å². The molecule has 2 aliphatic heterocycles. The largest absolute Gasteiger partial charge is 0.310 e. The second kappa shape index (κ2) is 3.18. The molecule has 0 bridgehead atoms. The summed E-state index contributed by atoms with van der Waals surface area (Å²) in [7, 11) is 0. The molecule has 0 radical (unpaired) electrons. The maximum Gasteiger partial charge on any atom is 0.0298 e. The first-order valence-electron chi connectivity index (χ1n) is 4.41. The summed E-state index contributed by atoms with van der Waals surface area (Å²) in [4.78, 5) is 4.18. The lowest BCUT2D eigenvalue weighted by Gasteiger charge is -2.15. The van der Waals surface area contributed by atoms with E-state index in [1.807, 2.05) is 12.4 Å². The van der Waals surface area contributed by atoms with Crippen molar-refractivity contribution in [1.29, 1.82) is 0 Å². The molecule has 1 N–H and O–H groups in total. The van der Waals surface area contributed by atoms with Crippen molar-refractivity contribution in [2.45, 2.75) is 31.7 Å². The minimum Gasteiger partial charge on any atom is -0.310 e. The second-order valence-electron chi connectivity index (χ2n) is 3.22. The lowest BCUT2D eigenvalue weighted by Crippen LogP contribution is -2.24. The lowest BCUT2D eigenvalue weighted by molar-refractivity contribution is 0.657. The van der Waals surface area contributed by atoms with Gasteiger partial charge in [-0.25, -0.2) is 0 Å². The van der Waals surface area contributed by atoms with E-state index in [4.69, 9.17) is 0 Å². The van der Waals surface area contributed by atoms with Crippen LogP contribution in [-0.2, 0) is 0 Å². The first-order valence-corrected chi connectivity index (χ1v) is 4.41.